The van der Waals surface area contributed by atoms with Crippen molar-refractivity contribution in [2.75, 3.05) is 26.5 Å². The molecule has 0 bridgehead atoms. The first kappa shape index (κ1) is 28.2. The molecule has 3 nitrogen and oxygen atoms in total. The summed E-state index contributed by atoms with van der Waals surface area (Å²) in [7, 11) is 1.18. The number of hydrogen-bond acceptors (Lipinski definition) is 3. The molecule has 0 heterocycles. The maximum atomic E-state index is 14.8. The van der Waals surface area contributed by atoms with E-state index in [-0.39, 0.29) is 11.2 Å². The van der Waals surface area contributed by atoms with Crippen LogP contribution in [0.4, 0.5) is 4.39 Å². The number of ether oxygens (including phenoxy) is 2. The maximum Gasteiger partial charge on any atom is 0.131 e. The van der Waals surface area contributed by atoms with Crippen molar-refractivity contribution in [1.29, 1.82) is 0 Å². The first-order valence-corrected chi connectivity index (χ1v) is 14.5. The van der Waals surface area contributed by atoms with Gasteiger partial charge in [-0.1, -0.05) is 58.0 Å². The fourth-order valence-corrected chi connectivity index (χ4v) is 5.92. The highest BCUT2D eigenvalue weighted by Gasteiger charge is 2.18. The minimum Gasteiger partial charge on any atom is -0.497 e. The highest BCUT2D eigenvalue weighted by molar-refractivity contribution is 7.51. The second-order valence-corrected chi connectivity index (χ2v) is 12.4. The molecule has 3 rings (SSSR count). The van der Waals surface area contributed by atoms with E-state index in [1.54, 1.807) is 19.2 Å². The van der Waals surface area contributed by atoms with Gasteiger partial charge in [0, 0.05) is 20.3 Å². The molecule has 0 amide bonds. The van der Waals surface area contributed by atoms with Crippen LogP contribution < -0.4 is 9.47 Å². The van der Waals surface area contributed by atoms with Crippen LogP contribution in [-0.4, -0.2) is 26.5 Å². The van der Waals surface area contributed by atoms with Crippen LogP contribution in [0.2, 0.25) is 0 Å². The van der Waals surface area contributed by atoms with Crippen molar-refractivity contribution in [2.45, 2.75) is 53.6 Å². The normalized spacial score (nSPS) is 13.3. The van der Waals surface area contributed by atoms with Gasteiger partial charge in [0.05, 0.1) is 7.11 Å². The Kier molecular flexibility index (Phi) is 9.93. The Morgan fingerprint density at radius 3 is 2.42 bits per heavy atom. The van der Waals surface area contributed by atoms with E-state index in [1.807, 2.05) is 25.1 Å². The van der Waals surface area contributed by atoms with Crippen molar-refractivity contribution in [3.8, 4) is 22.6 Å². The van der Waals surface area contributed by atoms with Gasteiger partial charge >= 0.3 is 0 Å². The molecule has 2 atom stereocenters. The average Bonchev–Trinajstić information content (AvgIpc) is 2.83. The van der Waals surface area contributed by atoms with Crippen molar-refractivity contribution in [3.63, 3.8) is 0 Å². The minimum absolute atomic E-state index is 0.0498. The second kappa shape index (κ2) is 12.7. The van der Waals surface area contributed by atoms with Gasteiger partial charge in [0.25, 0.3) is 0 Å². The summed E-state index contributed by atoms with van der Waals surface area (Å²) >= 11 is 0. The largest absolute Gasteiger partial charge is 0.497 e. The Balaban J connectivity index is 1.81. The number of hydrogen-bond donors (Lipinski definition) is 0. The van der Waals surface area contributed by atoms with E-state index in [2.05, 4.69) is 58.6 Å². The highest BCUT2D eigenvalue weighted by Crippen LogP contribution is 2.38. The lowest BCUT2D eigenvalue weighted by atomic mass is 9.84. The summed E-state index contributed by atoms with van der Waals surface area (Å²) in [5.74, 6) is 1.66. The molecule has 0 fully saturated rings. The molecule has 0 spiro atoms. The van der Waals surface area contributed by atoms with Crippen molar-refractivity contribution < 1.29 is 18.4 Å². The molecule has 3 aromatic carbocycles. The molecule has 0 aliphatic carbocycles. The van der Waals surface area contributed by atoms with Crippen molar-refractivity contribution in [3.05, 3.63) is 83.2 Å². The standard InChI is InChI=1S/C31H40FO3P/c1-8-35-36(7)21-22(2)24-10-9-11-27(17-24)34-20-23-12-14-28(25(16-23)19-31(3,4)5)29-18-26(33-6)13-15-30(29)32/h9-18,22H,8,19-21H2,1-7H3. The molecule has 5 heteroatoms. The first-order valence-electron chi connectivity index (χ1n) is 12.6. The third-order valence-electron chi connectivity index (χ3n) is 6.07. The zero-order chi connectivity index (χ0) is 26.3. The molecule has 0 saturated heterocycles. The molecule has 0 radical (unpaired) electrons. The monoisotopic (exact) mass is 510 g/mol. The van der Waals surface area contributed by atoms with Crippen LogP contribution in [0.5, 0.6) is 11.5 Å². The predicted molar refractivity (Wildman–Crippen MR) is 150 cm³/mol. The van der Waals surface area contributed by atoms with Gasteiger partial charge < -0.3 is 14.0 Å². The summed E-state index contributed by atoms with van der Waals surface area (Å²) in [6, 6.07) is 19.4. The highest BCUT2D eigenvalue weighted by atomic mass is 31.1. The van der Waals surface area contributed by atoms with Gasteiger partial charge in [-0.25, -0.2) is 4.39 Å². The molecule has 0 aliphatic rings. The summed E-state index contributed by atoms with van der Waals surface area (Å²) in [5.41, 5.74) is 4.93. The van der Waals surface area contributed by atoms with Crippen LogP contribution in [0.1, 0.15) is 57.2 Å². The average molecular weight is 511 g/mol. The van der Waals surface area contributed by atoms with Gasteiger partial charge in [0.1, 0.15) is 23.9 Å². The molecule has 0 aliphatic heterocycles. The van der Waals surface area contributed by atoms with Gasteiger partial charge in [-0.2, -0.15) is 0 Å². The van der Waals surface area contributed by atoms with E-state index < -0.39 is 8.15 Å². The van der Waals surface area contributed by atoms with E-state index in [9.17, 15) is 4.39 Å². The van der Waals surface area contributed by atoms with E-state index in [4.69, 9.17) is 14.0 Å². The first-order chi connectivity index (χ1) is 17.1. The number of halogens is 1. The zero-order valence-electron chi connectivity index (χ0n) is 22.7. The van der Waals surface area contributed by atoms with Crippen molar-refractivity contribution in [2.24, 2.45) is 5.41 Å². The fraction of sp³-hybridized carbons (Fsp3) is 0.419. The molecule has 36 heavy (non-hydrogen) atoms. The number of methoxy groups -OCH3 is 1. The SMILES string of the molecule is CCOP(C)CC(C)c1cccc(OCc2ccc(-c3cc(OC)ccc3F)c(CC(C)(C)C)c2)c1. The third kappa shape index (κ3) is 8.05. The summed E-state index contributed by atoms with van der Waals surface area (Å²) in [4.78, 5) is 0. The van der Waals surface area contributed by atoms with Crippen molar-refractivity contribution in [1.82, 2.24) is 0 Å². The quantitative estimate of drug-likeness (QED) is 0.241. The summed E-state index contributed by atoms with van der Waals surface area (Å²) in [5, 5.41) is 0. The fourth-order valence-electron chi connectivity index (χ4n) is 4.40. The second-order valence-electron chi connectivity index (χ2n) is 10.6. The van der Waals surface area contributed by atoms with Gasteiger partial charge in [0.2, 0.25) is 0 Å². The molecule has 194 valence electrons. The predicted octanol–water partition coefficient (Wildman–Crippen LogP) is 8.84. The number of benzene rings is 3. The van der Waals surface area contributed by atoms with Gasteiger partial charge in [-0.15, -0.1) is 0 Å². The van der Waals surface area contributed by atoms with Gasteiger partial charge in [-0.3, -0.25) is 0 Å². The lowest BCUT2D eigenvalue weighted by Crippen LogP contribution is -2.11. The lowest BCUT2D eigenvalue weighted by molar-refractivity contribution is 0.305. The maximum absolute atomic E-state index is 14.8. The van der Waals surface area contributed by atoms with Crippen LogP contribution in [0.25, 0.3) is 11.1 Å². The van der Waals surface area contributed by atoms with Gasteiger partial charge in [0.15, 0.2) is 0 Å². The minimum atomic E-state index is -0.416. The molecule has 2 unspecified atom stereocenters. The molecule has 3 aromatic rings. The smallest absolute Gasteiger partial charge is 0.131 e. The van der Waals surface area contributed by atoms with E-state index in [1.165, 1.54) is 11.6 Å². The third-order valence-corrected chi connectivity index (χ3v) is 7.83. The van der Waals surface area contributed by atoms with Crippen molar-refractivity contribution >= 4 is 8.15 Å². The summed E-state index contributed by atoms with van der Waals surface area (Å²) in [6.07, 6.45) is 1.85. The molecule has 0 N–H and O–H groups in total. The van der Waals surface area contributed by atoms with Crippen LogP contribution >= 0.6 is 8.15 Å². The zero-order valence-corrected chi connectivity index (χ0v) is 23.6. The van der Waals surface area contributed by atoms with Crippen LogP contribution in [-0.2, 0) is 17.6 Å². The van der Waals surface area contributed by atoms with Gasteiger partial charge in [-0.05, 0) is 90.1 Å². The summed E-state index contributed by atoms with van der Waals surface area (Å²) in [6.45, 7) is 14.3. The molecular weight excluding hydrogens is 470 g/mol. The Bertz CT molecular complexity index is 1140. The topological polar surface area (TPSA) is 27.7 Å². The number of rotatable bonds is 11. The van der Waals surface area contributed by atoms with Crippen LogP contribution in [0.3, 0.4) is 0 Å². The Hall–Kier alpha value is -2.42. The molecule has 0 aromatic heterocycles. The van der Waals surface area contributed by atoms with E-state index in [0.717, 1.165) is 41.6 Å². The lowest BCUT2D eigenvalue weighted by Gasteiger charge is -2.22. The van der Waals surface area contributed by atoms with Crippen LogP contribution in [0, 0.1) is 11.2 Å². The Labute approximate surface area is 217 Å². The van der Waals surface area contributed by atoms with Crippen LogP contribution in [0.15, 0.2) is 60.7 Å². The Morgan fingerprint density at radius 1 is 0.944 bits per heavy atom. The van der Waals surface area contributed by atoms with E-state index in [0.29, 0.717) is 23.8 Å². The Morgan fingerprint density at radius 2 is 1.72 bits per heavy atom. The summed E-state index contributed by atoms with van der Waals surface area (Å²) < 4.78 is 32.1. The molecular formula is C31H40FO3P. The van der Waals surface area contributed by atoms with E-state index >= 15 is 0 Å². The molecule has 0 saturated carbocycles.